The molecule has 0 saturated heterocycles. The Kier molecular flexibility index (Phi) is 3.38. The fourth-order valence-electron chi connectivity index (χ4n) is 3.28. The molecule has 1 N–H and O–H groups in total. The van der Waals surface area contributed by atoms with Crippen LogP contribution in [-0.4, -0.2) is 11.9 Å². The van der Waals surface area contributed by atoms with Crippen LogP contribution in [0.15, 0.2) is 40.9 Å². The van der Waals surface area contributed by atoms with Gasteiger partial charge in [-0.2, -0.15) is 0 Å². The van der Waals surface area contributed by atoms with Gasteiger partial charge in [-0.3, -0.25) is 4.79 Å². The molecule has 0 unspecified atom stereocenters. The molecule has 0 heterocycles. The average molecular weight is 335 g/mol. The van der Waals surface area contributed by atoms with Crippen molar-refractivity contribution in [2.45, 2.75) is 6.42 Å². The highest BCUT2D eigenvalue weighted by atomic mass is 79.9. The normalized spacial score (nSPS) is 30.4. The minimum absolute atomic E-state index is 0.00499. The largest absolute Gasteiger partial charge is 0.550 e. The lowest BCUT2D eigenvalue weighted by Gasteiger charge is -2.27. The third kappa shape index (κ3) is 2.16. The molecule has 2 bridgehead atoms. The minimum atomic E-state index is -1.13. The maximum absolute atomic E-state index is 12.4. The van der Waals surface area contributed by atoms with Crippen LogP contribution in [0.3, 0.4) is 0 Å². The van der Waals surface area contributed by atoms with Crippen LogP contribution >= 0.6 is 15.9 Å². The van der Waals surface area contributed by atoms with Gasteiger partial charge in [0.2, 0.25) is 5.91 Å². The number of nitrogens with one attached hydrogen (secondary N) is 1. The van der Waals surface area contributed by atoms with Crippen molar-refractivity contribution in [3.05, 3.63) is 40.9 Å². The van der Waals surface area contributed by atoms with Gasteiger partial charge < -0.3 is 15.2 Å². The van der Waals surface area contributed by atoms with E-state index >= 15 is 0 Å². The first-order valence-electron chi connectivity index (χ1n) is 6.52. The third-order valence-electron chi connectivity index (χ3n) is 4.17. The SMILES string of the molecule is O=C(Nc1ccccc1Br)[C@@H]1[C@@H](C(=O)[O-])[C@H]2C=C[C@@H]1C2. The zero-order valence-corrected chi connectivity index (χ0v) is 12.2. The second kappa shape index (κ2) is 5.05. The first kappa shape index (κ1) is 13.4. The van der Waals surface area contributed by atoms with Crippen LogP contribution in [0.25, 0.3) is 0 Å². The Labute approximate surface area is 125 Å². The zero-order chi connectivity index (χ0) is 14.3. The maximum Gasteiger partial charge on any atom is 0.228 e. The Hall–Kier alpha value is -1.62. The number of allylic oxidation sites excluding steroid dienone is 2. The predicted molar refractivity (Wildman–Crippen MR) is 75.5 cm³/mol. The lowest BCUT2D eigenvalue weighted by Crippen LogP contribution is -2.42. The molecule has 3 rings (SSSR count). The standard InChI is InChI=1S/C15H14BrNO3/c16-10-3-1-2-4-11(10)17-14(18)12-8-5-6-9(7-8)13(12)15(19)20/h1-6,8-9,12-13H,7H2,(H,17,18)(H,19,20)/p-1/t8-,9+,12+,13+/m1/s1. The van der Waals surface area contributed by atoms with E-state index in [1.807, 2.05) is 30.4 Å². The molecule has 0 spiro atoms. The second-order valence-electron chi connectivity index (χ2n) is 5.29. The first-order valence-corrected chi connectivity index (χ1v) is 7.32. The van der Waals surface area contributed by atoms with Gasteiger partial charge in [0, 0.05) is 16.4 Å². The number of carboxylic acids is 1. The highest BCUT2D eigenvalue weighted by Crippen LogP contribution is 2.48. The van der Waals surface area contributed by atoms with Crippen molar-refractivity contribution in [3.63, 3.8) is 0 Å². The van der Waals surface area contributed by atoms with Crippen LogP contribution in [0, 0.1) is 23.7 Å². The van der Waals surface area contributed by atoms with Crippen molar-refractivity contribution in [2.24, 2.45) is 23.7 Å². The van der Waals surface area contributed by atoms with E-state index in [9.17, 15) is 14.7 Å². The van der Waals surface area contributed by atoms with Gasteiger partial charge >= 0.3 is 0 Å². The zero-order valence-electron chi connectivity index (χ0n) is 10.6. The Morgan fingerprint density at radius 1 is 1.15 bits per heavy atom. The highest BCUT2D eigenvalue weighted by Gasteiger charge is 2.48. The van der Waals surface area contributed by atoms with Gasteiger partial charge in [-0.25, -0.2) is 0 Å². The second-order valence-corrected chi connectivity index (χ2v) is 6.14. The fraction of sp³-hybridized carbons (Fsp3) is 0.333. The molecule has 4 atom stereocenters. The molecule has 0 aromatic heterocycles. The van der Waals surface area contributed by atoms with E-state index in [0.717, 1.165) is 10.9 Å². The third-order valence-corrected chi connectivity index (χ3v) is 4.86. The molecule has 0 radical (unpaired) electrons. The van der Waals surface area contributed by atoms with Gasteiger partial charge in [-0.05, 0) is 46.3 Å². The Morgan fingerprint density at radius 3 is 2.45 bits per heavy atom. The number of amides is 1. The van der Waals surface area contributed by atoms with Crippen LogP contribution in [0.5, 0.6) is 0 Å². The molecule has 2 aliphatic carbocycles. The summed E-state index contributed by atoms with van der Waals surface area (Å²) in [5.74, 6) is -2.70. The molecule has 104 valence electrons. The number of hydrogen-bond donors (Lipinski definition) is 1. The molecule has 1 saturated carbocycles. The minimum Gasteiger partial charge on any atom is -0.550 e. The van der Waals surface area contributed by atoms with Crippen LogP contribution in [-0.2, 0) is 9.59 Å². The molecule has 0 aliphatic heterocycles. The predicted octanol–water partition coefficient (Wildman–Crippen LogP) is 1.58. The molecule has 1 aromatic rings. The molecule has 2 aliphatic rings. The summed E-state index contributed by atoms with van der Waals surface area (Å²) in [5, 5.41) is 14.1. The van der Waals surface area contributed by atoms with Gasteiger partial charge in [0.15, 0.2) is 0 Å². The number of aliphatic carboxylic acids is 1. The molecule has 1 fully saturated rings. The van der Waals surface area contributed by atoms with E-state index in [2.05, 4.69) is 21.2 Å². The van der Waals surface area contributed by atoms with Crippen LogP contribution in [0.2, 0.25) is 0 Å². The highest BCUT2D eigenvalue weighted by molar-refractivity contribution is 9.10. The number of para-hydroxylation sites is 1. The van der Waals surface area contributed by atoms with E-state index in [1.165, 1.54) is 0 Å². The van der Waals surface area contributed by atoms with Crippen molar-refractivity contribution in [2.75, 3.05) is 5.32 Å². The summed E-state index contributed by atoms with van der Waals surface area (Å²) >= 11 is 3.36. The van der Waals surface area contributed by atoms with Gasteiger partial charge in [-0.15, -0.1) is 0 Å². The number of fused-ring (bicyclic) bond motifs is 2. The fourth-order valence-corrected chi connectivity index (χ4v) is 3.66. The van der Waals surface area contributed by atoms with Crippen LogP contribution < -0.4 is 10.4 Å². The number of benzene rings is 1. The van der Waals surface area contributed by atoms with E-state index in [4.69, 9.17) is 0 Å². The topological polar surface area (TPSA) is 69.2 Å². The summed E-state index contributed by atoms with van der Waals surface area (Å²) in [4.78, 5) is 23.7. The number of carbonyl (C=O) groups is 2. The summed E-state index contributed by atoms with van der Waals surface area (Å²) in [5.41, 5.74) is 0.654. The van der Waals surface area contributed by atoms with E-state index in [0.29, 0.717) is 5.69 Å². The molecule has 20 heavy (non-hydrogen) atoms. The van der Waals surface area contributed by atoms with Crippen molar-refractivity contribution in [3.8, 4) is 0 Å². The van der Waals surface area contributed by atoms with Gasteiger partial charge in [0.05, 0.1) is 11.6 Å². The number of anilines is 1. The number of rotatable bonds is 3. The summed E-state index contributed by atoms with van der Waals surface area (Å²) in [6.45, 7) is 0. The van der Waals surface area contributed by atoms with Gasteiger partial charge in [0.1, 0.15) is 0 Å². The quantitative estimate of drug-likeness (QED) is 0.853. The van der Waals surface area contributed by atoms with E-state index in [1.54, 1.807) is 6.07 Å². The van der Waals surface area contributed by atoms with Crippen molar-refractivity contribution in [1.82, 2.24) is 0 Å². The summed E-state index contributed by atoms with van der Waals surface area (Å²) in [6, 6.07) is 7.27. The molecular weight excluding hydrogens is 322 g/mol. The molecule has 1 amide bonds. The first-order chi connectivity index (χ1) is 9.58. The maximum atomic E-state index is 12.4. The lowest BCUT2D eigenvalue weighted by atomic mass is 9.82. The van der Waals surface area contributed by atoms with Gasteiger partial charge in [0.25, 0.3) is 0 Å². The molecule has 4 nitrogen and oxygen atoms in total. The Bertz CT molecular complexity index is 599. The lowest BCUT2D eigenvalue weighted by molar-refractivity contribution is -0.313. The molecule has 5 heteroatoms. The van der Waals surface area contributed by atoms with Crippen molar-refractivity contribution >= 4 is 33.5 Å². The molecular formula is C15H13BrNO3-. The summed E-state index contributed by atoms with van der Waals surface area (Å²) < 4.78 is 0.775. The summed E-state index contributed by atoms with van der Waals surface area (Å²) in [6.07, 6.45) is 4.58. The number of carboxylic acid groups (broad SMARTS) is 1. The van der Waals surface area contributed by atoms with Gasteiger partial charge in [-0.1, -0.05) is 24.3 Å². The Morgan fingerprint density at radius 2 is 1.80 bits per heavy atom. The molecule has 1 aromatic carbocycles. The van der Waals surface area contributed by atoms with E-state index in [-0.39, 0.29) is 17.7 Å². The van der Waals surface area contributed by atoms with Crippen molar-refractivity contribution < 1.29 is 14.7 Å². The van der Waals surface area contributed by atoms with Crippen LogP contribution in [0.4, 0.5) is 5.69 Å². The number of carbonyl (C=O) groups excluding carboxylic acids is 2. The van der Waals surface area contributed by atoms with Crippen LogP contribution in [0.1, 0.15) is 6.42 Å². The summed E-state index contributed by atoms with van der Waals surface area (Å²) in [7, 11) is 0. The Balaban J connectivity index is 1.82. The number of hydrogen-bond acceptors (Lipinski definition) is 3. The van der Waals surface area contributed by atoms with Crippen molar-refractivity contribution in [1.29, 1.82) is 0 Å². The monoisotopic (exact) mass is 334 g/mol. The number of halogens is 1. The smallest absolute Gasteiger partial charge is 0.228 e. The average Bonchev–Trinajstić information content (AvgIpc) is 3.01. The van der Waals surface area contributed by atoms with E-state index < -0.39 is 17.8 Å².